The molecular formula is C18H22N8S. The van der Waals surface area contributed by atoms with E-state index in [1.807, 2.05) is 24.5 Å². The lowest BCUT2D eigenvalue weighted by Crippen LogP contribution is -2.40. The standard InChI is InChI=1S/C18H22N8S/c1-12-11-27-16(23-12)15(19)14-3-8-22-18(25-14)26-9-4-13(5-10-26)24-17-20-6-2-7-21-17/h2-3,6-8,11,13,23H,4-5,9-10,19H2,1H3,(H,20,21,24)/b16-15+. The Bertz CT molecular complexity index is 859. The zero-order valence-electron chi connectivity index (χ0n) is 15.1. The van der Waals surface area contributed by atoms with Crippen molar-refractivity contribution in [2.45, 2.75) is 25.8 Å². The molecule has 2 aliphatic rings. The largest absolute Gasteiger partial charge is 0.395 e. The van der Waals surface area contributed by atoms with Crippen molar-refractivity contribution in [3.63, 3.8) is 0 Å². The Morgan fingerprint density at radius 2 is 2.00 bits per heavy atom. The summed E-state index contributed by atoms with van der Waals surface area (Å²) in [6.07, 6.45) is 7.22. The second kappa shape index (κ2) is 7.83. The number of nitrogens with zero attached hydrogens (tertiary/aromatic N) is 5. The summed E-state index contributed by atoms with van der Waals surface area (Å²) in [5.74, 6) is 1.40. The second-order valence-corrected chi connectivity index (χ2v) is 7.39. The Kier molecular flexibility index (Phi) is 5.10. The van der Waals surface area contributed by atoms with Crippen molar-refractivity contribution in [3.05, 3.63) is 52.6 Å². The van der Waals surface area contributed by atoms with Crippen molar-refractivity contribution in [3.8, 4) is 0 Å². The highest BCUT2D eigenvalue weighted by Gasteiger charge is 2.22. The number of allylic oxidation sites excluding steroid dienone is 1. The van der Waals surface area contributed by atoms with Gasteiger partial charge in [0.2, 0.25) is 11.9 Å². The van der Waals surface area contributed by atoms with E-state index in [-0.39, 0.29) is 0 Å². The lowest BCUT2D eigenvalue weighted by atomic mass is 10.1. The average Bonchev–Trinajstić information content (AvgIpc) is 3.15. The molecule has 4 N–H and O–H groups in total. The number of rotatable bonds is 4. The van der Waals surface area contributed by atoms with Crippen LogP contribution in [0.2, 0.25) is 0 Å². The minimum Gasteiger partial charge on any atom is -0.395 e. The first-order valence-electron chi connectivity index (χ1n) is 8.91. The fourth-order valence-electron chi connectivity index (χ4n) is 3.06. The maximum atomic E-state index is 6.30. The summed E-state index contributed by atoms with van der Waals surface area (Å²) in [4.78, 5) is 19.8. The average molecular weight is 382 g/mol. The van der Waals surface area contributed by atoms with Crippen molar-refractivity contribution < 1.29 is 0 Å². The van der Waals surface area contributed by atoms with E-state index in [4.69, 9.17) is 5.73 Å². The highest BCUT2D eigenvalue weighted by molar-refractivity contribution is 8.06. The molecule has 0 atom stereocenters. The van der Waals surface area contributed by atoms with Gasteiger partial charge in [-0.1, -0.05) is 11.8 Å². The molecule has 0 saturated carbocycles. The summed E-state index contributed by atoms with van der Waals surface area (Å²) in [7, 11) is 0. The van der Waals surface area contributed by atoms with Gasteiger partial charge in [0.1, 0.15) is 5.03 Å². The van der Waals surface area contributed by atoms with Crippen molar-refractivity contribution in [1.29, 1.82) is 0 Å². The molecule has 2 aromatic heterocycles. The van der Waals surface area contributed by atoms with Crippen LogP contribution in [0.3, 0.4) is 0 Å². The quantitative estimate of drug-likeness (QED) is 0.733. The number of hydrogen-bond acceptors (Lipinski definition) is 9. The molecular weight excluding hydrogens is 360 g/mol. The summed E-state index contributed by atoms with van der Waals surface area (Å²) in [5, 5.41) is 9.61. The van der Waals surface area contributed by atoms with Crippen LogP contribution < -0.4 is 21.3 Å². The van der Waals surface area contributed by atoms with Gasteiger partial charge in [-0.25, -0.2) is 19.9 Å². The van der Waals surface area contributed by atoms with E-state index >= 15 is 0 Å². The Balaban J connectivity index is 1.40. The number of nitrogens with two attached hydrogens (primary N) is 1. The molecule has 4 heterocycles. The molecule has 0 radical (unpaired) electrons. The molecule has 1 saturated heterocycles. The predicted octanol–water partition coefficient (Wildman–Crippen LogP) is 2.13. The monoisotopic (exact) mass is 382 g/mol. The van der Waals surface area contributed by atoms with Gasteiger partial charge in [-0.05, 0) is 37.3 Å². The van der Waals surface area contributed by atoms with E-state index < -0.39 is 0 Å². The summed E-state index contributed by atoms with van der Waals surface area (Å²) in [5.41, 5.74) is 8.78. The minimum atomic E-state index is 0.354. The SMILES string of the molecule is CC1=CS/C(=C(/N)c2ccnc(N3CCC(Nc4ncccn4)CC3)n2)N1. The zero-order valence-corrected chi connectivity index (χ0v) is 15.9. The van der Waals surface area contributed by atoms with Crippen LogP contribution in [0.25, 0.3) is 5.70 Å². The van der Waals surface area contributed by atoms with Gasteiger partial charge >= 0.3 is 0 Å². The molecule has 1 fully saturated rings. The number of piperidine rings is 1. The van der Waals surface area contributed by atoms with Crippen LogP contribution in [0.1, 0.15) is 25.5 Å². The molecule has 9 heteroatoms. The fourth-order valence-corrected chi connectivity index (χ4v) is 3.87. The lowest BCUT2D eigenvalue weighted by Gasteiger charge is -2.32. The lowest BCUT2D eigenvalue weighted by molar-refractivity contribution is 0.517. The van der Waals surface area contributed by atoms with Crippen LogP contribution in [0, 0.1) is 0 Å². The Morgan fingerprint density at radius 3 is 2.70 bits per heavy atom. The van der Waals surface area contributed by atoms with Crippen LogP contribution in [0.15, 0.2) is 46.9 Å². The number of hydrogen-bond donors (Lipinski definition) is 3. The molecule has 2 aliphatic heterocycles. The summed E-state index contributed by atoms with van der Waals surface area (Å²) < 4.78 is 0. The van der Waals surface area contributed by atoms with E-state index in [1.165, 1.54) is 0 Å². The van der Waals surface area contributed by atoms with Crippen molar-refractivity contribution in [1.82, 2.24) is 25.3 Å². The van der Waals surface area contributed by atoms with E-state index in [1.54, 1.807) is 30.4 Å². The van der Waals surface area contributed by atoms with Gasteiger partial charge in [0.15, 0.2) is 0 Å². The second-order valence-electron chi connectivity index (χ2n) is 6.51. The third-order valence-electron chi connectivity index (χ3n) is 4.50. The van der Waals surface area contributed by atoms with E-state index in [9.17, 15) is 0 Å². The van der Waals surface area contributed by atoms with Crippen molar-refractivity contribution >= 4 is 29.4 Å². The fraction of sp³-hybridized carbons (Fsp3) is 0.333. The molecule has 0 spiro atoms. The van der Waals surface area contributed by atoms with Gasteiger partial charge < -0.3 is 21.3 Å². The molecule has 8 nitrogen and oxygen atoms in total. The van der Waals surface area contributed by atoms with Crippen LogP contribution >= 0.6 is 11.8 Å². The van der Waals surface area contributed by atoms with E-state index in [0.717, 1.165) is 48.3 Å². The topological polar surface area (TPSA) is 105 Å². The first kappa shape index (κ1) is 17.6. The first-order valence-corrected chi connectivity index (χ1v) is 9.79. The molecule has 0 aromatic carbocycles. The molecule has 2 aromatic rings. The molecule has 140 valence electrons. The Hall–Kier alpha value is -2.81. The third kappa shape index (κ3) is 4.13. The van der Waals surface area contributed by atoms with Crippen LogP contribution in [-0.4, -0.2) is 39.1 Å². The Morgan fingerprint density at radius 1 is 1.22 bits per heavy atom. The summed E-state index contributed by atoms with van der Waals surface area (Å²) >= 11 is 1.58. The van der Waals surface area contributed by atoms with Crippen molar-refractivity contribution in [2.24, 2.45) is 5.73 Å². The number of anilines is 2. The molecule has 0 unspecified atom stereocenters. The summed E-state index contributed by atoms with van der Waals surface area (Å²) in [6.45, 7) is 3.76. The molecule has 27 heavy (non-hydrogen) atoms. The van der Waals surface area contributed by atoms with Crippen LogP contribution in [0.4, 0.5) is 11.9 Å². The highest BCUT2D eigenvalue weighted by atomic mass is 32.2. The zero-order chi connectivity index (χ0) is 18.6. The smallest absolute Gasteiger partial charge is 0.225 e. The first-order chi connectivity index (χ1) is 13.2. The van der Waals surface area contributed by atoms with E-state index in [2.05, 4.69) is 35.5 Å². The van der Waals surface area contributed by atoms with Gasteiger partial charge in [-0.3, -0.25) is 0 Å². The molecule has 0 aliphatic carbocycles. The third-order valence-corrected chi connectivity index (χ3v) is 5.53. The number of aromatic nitrogens is 4. The highest BCUT2D eigenvalue weighted by Crippen LogP contribution is 2.29. The van der Waals surface area contributed by atoms with Crippen LogP contribution in [-0.2, 0) is 0 Å². The molecule has 0 amide bonds. The number of thioether (sulfide) groups is 1. The molecule has 4 rings (SSSR count). The van der Waals surface area contributed by atoms with Gasteiger partial charge in [0.25, 0.3) is 0 Å². The van der Waals surface area contributed by atoms with Crippen LogP contribution in [0.5, 0.6) is 0 Å². The maximum Gasteiger partial charge on any atom is 0.225 e. The van der Waals surface area contributed by atoms with E-state index in [0.29, 0.717) is 17.7 Å². The predicted molar refractivity (Wildman–Crippen MR) is 109 cm³/mol. The van der Waals surface area contributed by atoms with Gasteiger partial charge in [0, 0.05) is 43.4 Å². The molecule has 0 bridgehead atoms. The minimum absolute atomic E-state index is 0.354. The maximum absolute atomic E-state index is 6.30. The van der Waals surface area contributed by atoms with Gasteiger partial charge in [-0.15, -0.1) is 0 Å². The summed E-state index contributed by atoms with van der Waals surface area (Å²) in [6, 6.07) is 4.02. The Labute approximate surface area is 162 Å². The normalized spacial score (nSPS) is 19.4. The van der Waals surface area contributed by atoms with Gasteiger partial charge in [0.05, 0.1) is 11.4 Å². The van der Waals surface area contributed by atoms with Gasteiger partial charge in [-0.2, -0.15) is 0 Å². The van der Waals surface area contributed by atoms with Crippen molar-refractivity contribution in [2.75, 3.05) is 23.3 Å². The number of nitrogens with one attached hydrogen (secondary N) is 2.